The Kier molecular flexibility index (Phi) is 6.36. The van der Waals surface area contributed by atoms with Crippen LogP contribution in [0.4, 0.5) is 0 Å². The van der Waals surface area contributed by atoms with E-state index in [1.165, 1.54) is 0 Å². The van der Waals surface area contributed by atoms with Crippen molar-refractivity contribution in [3.8, 4) is 0 Å². The molecule has 0 radical (unpaired) electrons. The molecule has 0 saturated carbocycles. The number of halogens is 1. The van der Waals surface area contributed by atoms with Gasteiger partial charge in [0.05, 0.1) is 12.0 Å². The van der Waals surface area contributed by atoms with Crippen LogP contribution in [0.1, 0.15) is 33.6 Å². The van der Waals surface area contributed by atoms with Gasteiger partial charge in [0, 0.05) is 7.11 Å². The van der Waals surface area contributed by atoms with Crippen molar-refractivity contribution in [2.45, 2.75) is 38.6 Å². The van der Waals surface area contributed by atoms with Crippen LogP contribution in [0.25, 0.3) is 0 Å². The van der Waals surface area contributed by atoms with E-state index in [4.69, 9.17) is 9.47 Å². The Morgan fingerprint density at radius 1 is 1.43 bits per heavy atom. The first-order chi connectivity index (χ1) is 6.38. The molecule has 0 rings (SSSR count). The Hall–Kier alpha value is -0.0900. The minimum atomic E-state index is -0.408. The molecule has 0 saturated heterocycles. The Bertz CT molecular complexity index is 175. The van der Waals surface area contributed by atoms with Gasteiger partial charge in [-0.3, -0.25) is 4.79 Å². The monoisotopic (exact) mass is 266 g/mol. The summed E-state index contributed by atoms with van der Waals surface area (Å²) in [6.07, 6.45) is 1.65. The molecule has 0 aromatic heterocycles. The predicted molar refractivity (Wildman–Crippen MR) is 59.4 cm³/mol. The molecule has 0 heterocycles. The third-order valence-electron chi connectivity index (χ3n) is 1.68. The SMILES string of the molecule is COC(Br)CCCOC(=O)C(C)(C)C. The molecule has 0 aliphatic rings. The van der Waals surface area contributed by atoms with Gasteiger partial charge in [-0.1, -0.05) is 15.9 Å². The largest absolute Gasteiger partial charge is 0.465 e. The number of ether oxygens (including phenoxy) is 2. The van der Waals surface area contributed by atoms with E-state index in [9.17, 15) is 4.79 Å². The molecule has 0 spiro atoms. The molecule has 0 aromatic rings. The van der Waals surface area contributed by atoms with E-state index >= 15 is 0 Å². The molecule has 0 N–H and O–H groups in total. The van der Waals surface area contributed by atoms with Crippen LogP contribution in [0, 0.1) is 5.41 Å². The van der Waals surface area contributed by atoms with Gasteiger partial charge in [0.25, 0.3) is 0 Å². The van der Waals surface area contributed by atoms with E-state index < -0.39 is 5.41 Å². The molecule has 0 aromatic carbocycles. The number of hydrogen-bond donors (Lipinski definition) is 0. The highest BCUT2D eigenvalue weighted by Crippen LogP contribution is 2.15. The summed E-state index contributed by atoms with van der Waals surface area (Å²) in [6.45, 7) is 5.99. The number of alkyl halides is 1. The first-order valence-corrected chi connectivity index (χ1v) is 5.63. The van der Waals surface area contributed by atoms with Crippen molar-refractivity contribution in [1.82, 2.24) is 0 Å². The molecule has 3 nitrogen and oxygen atoms in total. The van der Waals surface area contributed by atoms with Gasteiger partial charge >= 0.3 is 5.97 Å². The number of rotatable bonds is 5. The highest BCUT2D eigenvalue weighted by Gasteiger charge is 2.22. The molecule has 0 amide bonds. The lowest BCUT2D eigenvalue weighted by Gasteiger charge is -2.16. The lowest BCUT2D eigenvalue weighted by atomic mass is 9.97. The predicted octanol–water partition coefficient (Wildman–Crippen LogP) is 2.72. The number of methoxy groups -OCH3 is 1. The Morgan fingerprint density at radius 2 is 2.00 bits per heavy atom. The molecule has 0 aliphatic heterocycles. The first kappa shape index (κ1) is 13.9. The maximum absolute atomic E-state index is 11.3. The van der Waals surface area contributed by atoms with Crippen molar-refractivity contribution in [2.75, 3.05) is 13.7 Å². The van der Waals surface area contributed by atoms with Crippen LogP contribution in [0.2, 0.25) is 0 Å². The number of carbonyl (C=O) groups excluding carboxylic acids is 1. The van der Waals surface area contributed by atoms with E-state index in [-0.39, 0.29) is 11.0 Å². The quantitative estimate of drug-likeness (QED) is 0.436. The fourth-order valence-electron chi connectivity index (χ4n) is 0.743. The third-order valence-corrected chi connectivity index (χ3v) is 2.51. The summed E-state index contributed by atoms with van der Waals surface area (Å²) in [5.74, 6) is -0.152. The molecule has 1 unspecified atom stereocenters. The molecular weight excluding hydrogens is 248 g/mol. The van der Waals surface area contributed by atoms with Crippen LogP contribution >= 0.6 is 15.9 Å². The van der Waals surface area contributed by atoms with Crippen molar-refractivity contribution in [2.24, 2.45) is 5.41 Å². The topological polar surface area (TPSA) is 35.5 Å². The van der Waals surface area contributed by atoms with Crippen LogP contribution in [-0.2, 0) is 14.3 Å². The van der Waals surface area contributed by atoms with Gasteiger partial charge in [-0.2, -0.15) is 0 Å². The lowest BCUT2D eigenvalue weighted by molar-refractivity contribution is -0.153. The summed E-state index contributed by atoms with van der Waals surface area (Å²) in [5, 5.41) is 0.0517. The zero-order chi connectivity index (χ0) is 11.2. The van der Waals surface area contributed by atoms with E-state index in [2.05, 4.69) is 15.9 Å². The van der Waals surface area contributed by atoms with Crippen LogP contribution < -0.4 is 0 Å². The Morgan fingerprint density at radius 3 is 2.43 bits per heavy atom. The second kappa shape index (κ2) is 6.40. The summed E-state index contributed by atoms with van der Waals surface area (Å²) in [7, 11) is 1.64. The van der Waals surface area contributed by atoms with Crippen LogP contribution in [0.15, 0.2) is 0 Å². The van der Waals surface area contributed by atoms with E-state index in [0.717, 1.165) is 12.8 Å². The molecule has 0 bridgehead atoms. The van der Waals surface area contributed by atoms with Crippen LogP contribution in [0.3, 0.4) is 0 Å². The summed E-state index contributed by atoms with van der Waals surface area (Å²) in [6, 6.07) is 0. The summed E-state index contributed by atoms with van der Waals surface area (Å²) in [4.78, 5) is 11.3. The second-order valence-corrected chi connectivity index (χ2v) is 5.20. The fraction of sp³-hybridized carbons (Fsp3) is 0.900. The Balaban J connectivity index is 3.51. The molecule has 4 heteroatoms. The van der Waals surface area contributed by atoms with Gasteiger partial charge in [0.15, 0.2) is 0 Å². The molecule has 0 fully saturated rings. The van der Waals surface area contributed by atoms with Crippen LogP contribution in [-0.4, -0.2) is 24.7 Å². The van der Waals surface area contributed by atoms with Gasteiger partial charge in [-0.25, -0.2) is 0 Å². The van der Waals surface area contributed by atoms with Crippen molar-refractivity contribution >= 4 is 21.9 Å². The molecular formula is C10H19BrO3. The van der Waals surface area contributed by atoms with Crippen molar-refractivity contribution in [3.05, 3.63) is 0 Å². The van der Waals surface area contributed by atoms with Gasteiger partial charge in [0.1, 0.15) is 5.01 Å². The normalized spacial score (nSPS) is 13.8. The average molecular weight is 267 g/mol. The highest BCUT2D eigenvalue weighted by atomic mass is 79.9. The average Bonchev–Trinajstić information content (AvgIpc) is 2.09. The summed E-state index contributed by atoms with van der Waals surface area (Å²) < 4.78 is 10.1. The summed E-state index contributed by atoms with van der Waals surface area (Å²) >= 11 is 3.32. The standard InChI is InChI=1S/C10H19BrO3/c1-10(2,3)9(12)14-7-5-6-8(11)13-4/h8H,5-7H2,1-4H3. The van der Waals surface area contributed by atoms with Crippen molar-refractivity contribution in [3.63, 3.8) is 0 Å². The van der Waals surface area contributed by atoms with Gasteiger partial charge in [-0.15, -0.1) is 0 Å². The minimum absolute atomic E-state index is 0.0517. The molecule has 1 atom stereocenters. The van der Waals surface area contributed by atoms with Crippen molar-refractivity contribution in [1.29, 1.82) is 0 Å². The lowest BCUT2D eigenvalue weighted by Crippen LogP contribution is -2.23. The van der Waals surface area contributed by atoms with E-state index in [1.54, 1.807) is 7.11 Å². The maximum atomic E-state index is 11.3. The first-order valence-electron chi connectivity index (χ1n) is 4.72. The number of hydrogen-bond acceptors (Lipinski definition) is 3. The minimum Gasteiger partial charge on any atom is -0.465 e. The molecule has 84 valence electrons. The highest BCUT2D eigenvalue weighted by molar-refractivity contribution is 9.09. The fourth-order valence-corrected chi connectivity index (χ4v) is 1.07. The van der Waals surface area contributed by atoms with Crippen LogP contribution in [0.5, 0.6) is 0 Å². The van der Waals surface area contributed by atoms with E-state index in [0.29, 0.717) is 6.61 Å². The third kappa shape index (κ3) is 6.38. The smallest absolute Gasteiger partial charge is 0.311 e. The van der Waals surface area contributed by atoms with E-state index in [1.807, 2.05) is 20.8 Å². The van der Waals surface area contributed by atoms with Gasteiger partial charge in [-0.05, 0) is 33.6 Å². The number of esters is 1. The number of carbonyl (C=O) groups is 1. The van der Waals surface area contributed by atoms with Crippen molar-refractivity contribution < 1.29 is 14.3 Å². The zero-order valence-electron chi connectivity index (χ0n) is 9.30. The second-order valence-electron chi connectivity index (χ2n) is 4.17. The Labute approximate surface area is 94.3 Å². The maximum Gasteiger partial charge on any atom is 0.311 e. The van der Waals surface area contributed by atoms with Gasteiger partial charge < -0.3 is 9.47 Å². The molecule has 0 aliphatic carbocycles. The molecule has 14 heavy (non-hydrogen) atoms. The van der Waals surface area contributed by atoms with Gasteiger partial charge in [0.2, 0.25) is 0 Å². The zero-order valence-corrected chi connectivity index (χ0v) is 10.9. The summed E-state index contributed by atoms with van der Waals surface area (Å²) in [5.41, 5.74) is -0.408.